The molecule has 0 amide bonds. The summed E-state index contributed by atoms with van der Waals surface area (Å²) in [5, 5.41) is 0. The number of halogens is 3. The summed E-state index contributed by atoms with van der Waals surface area (Å²) >= 11 is 0. The summed E-state index contributed by atoms with van der Waals surface area (Å²) in [5.41, 5.74) is 4.63. The number of benzene rings is 3. The molecule has 0 unspecified atom stereocenters. The van der Waals surface area contributed by atoms with Crippen LogP contribution in [0.3, 0.4) is 0 Å². The molecule has 5 atom stereocenters. The molecule has 2 fully saturated rings. The first kappa shape index (κ1) is 27.2. The van der Waals surface area contributed by atoms with Crippen LogP contribution in [-0.4, -0.2) is 20.6 Å². The molecule has 0 N–H and O–H groups in total. The van der Waals surface area contributed by atoms with Crippen molar-refractivity contribution in [2.75, 3.05) is 0 Å². The Hall–Kier alpha value is -2.97. The van der Waals surface area contributed by atoms with Gasteiger partial charge in [0.25, 0.3) is 0 Å². The van der Waals surface area contributed by atoms with Gasteiger partial charge < -0.3 is 0 Å². The first-order valence-electron chi connectivity index (χ1n) is 13.8. The van der Waals surface area contributed by atoms with Crippen molar-refractivity contribution < 1.29 is 30.6 Å². The zero-order chi connectivity index (χ0) is 28.3. The third-order valence-electron chi connectivity index (χ3n) is 9.78. The van der Waals surface area contributed by atoms with Gasteiger partial charge in [0.05, 0.1) is 4.90 Å². The molecule has 0 radical (unpaired) electrons. The van der Waals surface area contributed by atoms with E-state index < -0.39 is 21.4 Å². The van der Waals surface area contributed by atoms with E-state index in [-0.39, 0.29) is 23.0 Å². The zero-order valence-corrected chi connectivity index (χ0v) is 23.0. The SMILES string of the molecule is C[C@]12CC[C@@H]3c4ccc(S(=O)(=O)OC(F)(F)F)cc4CC[C@H]3[C@@H]1CC[C@@H]2C(=O)c1ccc(-c2ccccc2)cc1. The second-order valence-corrected chi connectivity index (χ2v) is 13.3. The summed E-state index contributed by atoms with van der Waals surface area (Å²) < 4.78 is 65.6. The molecule has 3 aliphatic carbocycles. The van der Waals surface area contributed by atoms with E-state index >= 15 is 0 Å². The van der Waals surface area contributed by atoms with E-state index in [1.165, 1.54) is 12.1 Å². The predicted octanol–water partition coefficient (Wildman–Crippen LogP) is 7.93. The lowest BCUT2D eigenvalue weighted by Gasteiger charge is -2.50. The molecular weight excluding hydrogens is 537 g/mol. The number of hydrogen-bond donors (Lipinski definition) is 0. The average Bonchev–Trinajstić information content (AvgIpc) is 3.28. The van der Waals surface area contributed by atoms with Crippen LogP contribution in [0, 0.1) is 23.2 Å². The molecule has 3 aromatic rings. The van der Waals surface area contributed by atoms with Crippen molar-refractivity contribution in [2.24, 2.45) is 23.2 Å². The third kappa shape index (κ3) is 4.79. The molecule has 0 aromatic heterocycles. The highest BCUT2D eigenvalue weighted by molar-refractivity contribution is 7.86. The van der Waals surface area contributed by atoms with Gasteiger partial charge in [-0.2, -0.15) is 12.6 Å². The fraction of sp³-hybridized carbons (Fsp3) is 0.406. The van der Waals surface area contributed by atoms with Crippen molar-refractivity contribution in [3.63, 3.8) is 0 Å². The zero-order valence-electron chi connectivity index (χ0n) is 22.2. The Morgan fingerprint density at radius 3 is 2.30 bits per heavy atom. The molecule has 0 heterocycles. The summed E-state index contributed by atoms with van der Waals surface area (Å²) in [7, 11) is -4.93. The quantitative estimate of drug-likeness (QED) is 0.232. The smallest absolute Gasteiger partial charge is 0.294 e. The fourth-order valence-electron chi connectivity index (χ4n) is 7.98. The number of carbonyl (C=O) groups is 1. The number of ketones is 1. The Bertz CT molecular complexity index is 1530. The van der Waals surface area contributed by atoms with Gasteiger partial charge in [0, 0.05) is 11.5 Å². The van der Waals surface area contributed by atoms with Crippen molar-refractivity contribution in [1.29, 1.82) is 0 Å². The molecule has 8 heteroatoms. The fourth-order valence-corrected chi connectivity index (χ4v) is 8.84. The molecule has 210 valence electrons. The van der Waals surface area contributed by atoms with Gasteiger partial charge in [-0.05, 0) is 96.1 Å². The number of hydrogen-bond acceptors (Lipinski definition) is 4. The molecule has 0 saturated heterocycles. The summed E-state index contributed by atoms with van der Waals surface area (Å²) in [4.78, 5) is 13.3. The lowest BCUT2D eigenvalue weighted by Crippen LogP contribution is -2.44. The van der Waals surface area contributed by atoms with Gasteiger partial charge >= 0.3 is 16.5 Å². The Labute approximate surface area is 232 Å². The van der Waals surface area contributed by atoms with Gasteiger partial charge in [0.15, 0.2) is 5.78 Å². The topological polar surface area (TPSA) is 60.4 Å². The summed E-state index contributed by atoms with van der Waals surface area (Å²) in [6.07, 6.45) is -0.277. The molecule has 0 spiro atoms. The molecule has 0 bridgehead atoms. The molecule has 4 nitrogen and oxygen atoms in total. The number of aryl methyl sites for hydroxylation is 1. The number of carbonyl (C=O) groups excluding carboxylic acids is 1. The lowest BCUT2D eigenvalue weighted by atomic mass is 9.53. The standard InChI is InChI=1S/C32H31F3O4S/c1-31-18-17-26-25-14-12-24(40(37,38)39-32(33,34)35)19-23(25)11-13-27(26)28(31)15-16-29(31)30(36)22-9-7-21(8-10-22)20-5-3-2-4-6-20/h2-10,12,14,19,26-29H,11,13,15-18H2,1H3/t26-,27-,28+,29-,31+/m1/s1. The van der Waals surface area contributed by atoms with Gasteiger partial charge in [-0.15, -0.1) is 13.2 Å². The van der Waals surface area contributed by atoms with Crippen LogP contribution >= 0.6 is 0 Å². The van der Waals surface area contributed by atoms with Crippen molar-refractivity contribution >= 4 is 15.9 Å². The van der Waals surface area contributed by atoms with Crippen LogP contribution in [0.25, 0.3) is 11.1 Å². The number of Topliss-reactive ketones (excluding diaryl/α,β-unsaturated/α-hetero) is 1. The van der Waals surface area contributed by atoms with Crippen LogP contribution in [-0.2, 0) is 20.7 Å². The third-order valence-corrected chi connectivity index (χ3v) is 11.0. The highest BCUT2D eigenvalue weighted by Gasteiger charge is 2.56. The second kappa shape index (κ2) is 9.84. The first-order valence-corrected chi connectivity index (χ1v) is 15.2. The summed E-state index contributed by atoms with van der Waals surface area (Å²) in [5.74, 6) is 1.10. The summed E-state index contributed by atoms with van der Waals surface area (Å²) in [6.45, 7) is 2.27. The largest absolute Gasteiger partial charge is 0.537 e. The molecule has 40 heavy (non-hydrogen) atoms. The maximum atomic E-state index is 13.8. The molecule has 0 aliphatic heterocycles. The molecule has 3 aromatic carbocycles. The van der Waals surface area contributed by atoms with E-state index in [0.717, 1.165) is 59.9 Å². The van der Waals surface area contributed by atoms with Gasteiger partial charge in [0.1, 0.15) is 0 Å². The molecule has 3 aliphatic rings. The highest BCUT2D eigenvalue weighted by atomic mass is 32.2. The van der Waals surface area contributed by atoms with E-state index in [9.17, 15) is 26.4 Å². The second-order valence-electron chi connectivity index (χ2n) is 11.7. The van der Waals surface area contributed by atoms with E-state index in [4.69, 9.17) is 0 Å². The van der Waals surface area contributed by atoms with E-state index in [1.54, 1.807) is 6.07 Å². The van der Waals surface area contributed by atoms with Crippen LogP contribution in [0.4, 0.5) is 13.2 Å². The van der Waals surface area contributed by atoms with Crippen LogP contribution in [0.5, 0.6) is 0 Å². The van der Waals surface area contributed by atoms with Crippen molar-refractivity contribution in [3.8, 4) is 11.1 Å². The Balaban J connectivity index is 1.21. The van der Waals surface area contributed by atoms with Gasteiger partial charge in [-0.3, -0.25) is 4.79 Å². The minimum absolute atomic E-state index is 0.0468. The highest BCUT2D eigenvalue weighted by Crippen LogP contribution is 2.63. The van der Waals surface area contributed by atoms with Crippen LogP contribution in [0.1, 0.15) is 66.4 Å². The molecular formula is C32H31F3O4S. The van der Waals surface area contributed by atoms with Crippen LogP contribution < -0.4 is 0 Å². The van der Waals surface area contributed by atoms with Gasteiger partial charge in [0.2, 0.25) is 0 Å². The number of rotatable bonds is 5. The Morgan fingerprint density at radius 2 is 1.60 bits per heavy atom. The van der Waals surface area contributed by atoms with Crippen molar-refractivity contribution in [1.82, 2.24) is 0 Å². The van der Waals surface area contributed by atoms with E-state index in [1.807, 2.05) is 42.5 Å². The summed E-state index contributed by atoms with van der Waals surface area (Å²) in [6, 6.07) is 22.2. The monoisotopic (exact) mass is 568 g/mol. The van der Waals surface area contributed by atoms with Gasteiger partial charge in [-0.1, -0.05) is 67.6 Å². The first-order chi connectivity index (χ1) is 19.0. The van der Waals surface area contributed by atoms with E-state index in [2.05, 4.69) is 23.2 Å². The number of fused-ring (bicyclic) bond motifs is 5. The lowest BCUT2D eigenvalue weighted by molar-refractivity contribution is -0.271. The Morgan fingerprint density at radius 1 is 0.900 bits per heavy atom. The van der Waals surface area contributed by atoms with Crippen molar-refractivity contribution in [2.45, 2.75) is 62.6 Å². The average molecular weight is 569 g/mol. The molecule has 6 rings (SSSR count). The molecule has 2 saturated carbocycles. The normalized spacial score (nSPS) is 27.9. The minimum atomic E-state index is -5.27. The predicted molar refractivity (Wildman–Crippen MR) is 145 cm³/mol. The van der Waals surface area contributed by atoms with Gasteiger partial charge in [-0.25, -0.2) is 0 Å². The minimum Gasteiger partial charge on any atom is -0.294 e. The van der Waals surface area contributed by atoms with Crippen LogP contribution in [0.2, 0.25) is 0 Å². The number of alkyl halides is 3. The van der Waals surface area contributed by atoms with E-state index in [0.29, 0.717) is 18.3 Å². The maximum Gasteiger partial charge on any atom is 0.537 e. The van der Waals surface area contributed by atoms with Crippen LogP contribution in [0.15, 0.2) is 77.7 Å². The van der Waals surface area contributed by atoms with Crippen molar-refractivity contribution in [3.05, 3.63) is 89.5 Å². The Kier molecular flexibility index (Phi) is 6.69. The maximum absolute atomic E-state index is 13.8.